The number of alkyl halides is 3. The van der Waals surface area contributed by atoms with Crippen molar-refractivity contribution in [2.45, 2.75) is 6.18 Å². The summed E-state index contributed by atoms with van der Waals surface area (Å²) < 4.78 is 36.5. The van der Waals surface area contributed by atoms with E-state index in [1.54, 1.807) is 0 Å². The number of hydrogen-bond acceptors (Lipinski definition) is 4. The first kappa shape index (κ1) is 15.9. The fraction of sp³-hybridized carbons (Fsp3) is 0.125. The fourth-order valence-electron chi connectivity index (χ4n) is 1.04. The Morgan fingerprint density at radius 2 is 1.82 bits per heavy atom. The van der Waals surface area contributed by atoms with Gasteiger partial charge in [0.2, 0.25) is 0 Å². The molecule has 0 saturated heterocycles. The summed E-state index contributed by atoms with van der Waals surface area (Å²) in [6.07, 6.45) is -4.76. The third kappa shape index (κ3) is 3.69. The number of carbonyl (C=O) groups is 1. The number of hydrogen-bond donors (Lipinski definition) is 0. The second-order valence-electron chi connectivity index (χ2n) is 2.77. The topological polar surface area (TPSA) is 83.3 Å². The molecule has 17 heavy (non-hydrogen) atoms. The van der Waals surface area contributed by atoms with Crippen LogP contribution in [0.1, 0.15) is 15.9 Å². The van der Waals surface area contributed by atoms with Crippen LogP contribution in [0.5, 0.6) is 0 Å². The van der Waals surface area contributed by atoms with E-state index < -0.39 is 33.9 Å². The van der Waals surface area contributed by atoms with Crippen molar-refractivity contribution < 1.29 is 57.6 Å². The minimum Gasteiger partial charge on any atom is -0.545 e. The number of carbonyl (C=O) groups excluding carboxylic acids is 1. The summed E-state index contributed by atoms with van der Waals surface area (Å²) >= 11 is 0. The molecule has 0 radical (unpaired) electrons. The molecule has 0 N–H and O–H groups in total. The predicted octanol–water partition coefficient (Wildman–Crippen LogP) is -2.02. The molecule has 0 bridgehead atoms. The number of benzene rings is 1. The summed E-state index contributed by atoms with van der Waals surface area (Å²) in [7, 11) is 0. The van der Waals surface area contributed by atoms with Gasteiger partial charge in [0.1, 0.15) is 0 Å². The Morgan fingerprint density at radius 1 is 1.29 bits per heavy atom. The Morgan fingerprint density at radius 3 is 2.18 bits per heavy atom. The standard InChI is InChI=1S/C8H4F3NO4.Na/c9-8(10,11)4-1-2-6(12(15)16)5(3-4)7(13)14;/h1-3H,(H,13,14);/q;+1/p-1. The van der Waals surface area contributed by atoms with Crippen molar-refractivity contribution in [3.05, 3.63) is 39.4 Å². The van der Waals surface area contributed by atoms with Gasteiger partial charge in [0.05, 0.1) is 22.0 Å². The second-order valence-corrected chi connectivity index (χ2v) is 2.77. The maximum atomic E-state index is 12.2. The third-order valence-corrected chi connectivity index (χ3v) is 1.74. The van der Waals surface area contributed by atoms with Crippen molar-refractivity contribution in [1.82, 2.24) is 0 Å². The van der Waals surface area contributed by atoms with Gasteiger partial charge >= 0.3 is 35.7 Å². The van der Waals surface area contributed by atoms with Crippen molar-refractivity contribution in [1.29, 1.82) is 0 Å². The largest absolute Gasteiger partial charge is 1.00 e. The van der Waals surface area contributed by atoms with E-state index in [0.29, 0.717) is 12.1 Å². The van der Waals surface area contributed by atoms with Crippen molar-refractivity contribution in [3.63, 3.8) is 0 Å². The number of rotatable bonds is 2. The predicted molar refractivity (Wildman–Crippen MR) is 42.4 cm³/mol. The molecule has 0 aromatic heterocycles. The van der Waals surface area contributed by atoms with Gasteiger partial charge < -0.3 is 9.90 Å². The van der Waals surface area contributed by atoms with Crippen molar-refractivity contribution in [2.75, 3.05) is 0 Å². The molecule has 0 aliphatic rings. The number of carboxylic acids is 1. The van der Waals surface area contributed by atoms with E-state index in [9.17, 15) is 33.2 Å². The first-order valence-electron chi connectivity index (χ1n) is 3.80. The van der Waals surface area contributed by atoms with Crippen LogP contribution < -0.4 is 34.7 Å². The van der Waals surface area contributed by atoms with Gasteiger partial charge in [0.15, 0.2) is 0 Å². The Kier molecular flexibility index (Phi) is 5.12. The summed E-state index contributed by atoms with van der Waals surface area (Å²) in [5.74, 6) is -2.03. The Hall–Kier alpha value is -1.12. The van der Waals surface area contributed by atoms with Gasteiger partial charge in [-0.1, -0.05) is 0 Å². The number of nitrogens with zero attached hydrogens (tertiary/aromatic N) is 1. The average molecular weight is 257 g/mol. The molecule has 0 spiro atoms. The molecule has 9 heteroatoms. The monoisotopic (exact) mass is 257 g/mol. The van der Waals surface area contributed by atoms with Crippen LogP contribution in [0.15, 0.2) is 18.2 Å². The smallest absolute Gasteiger partial charge is 0.545 e. The summed E-state index contributed by atoms with van der Waals surface area (Å²) in [4.78, 5) is 19.7. The molecule has 0 aliphatic carbocycles. The van der Waals surface area contributed by atoms with E-state index in [0.717, 1.165) is 0 Å². The molecular formula is C8H3F3NNaO4. The summed E-state index contributed by atoms with van der Waals surface area (Å²) in [5, 5.41) is 20.7. The average Bonchev–Trinajstić information content (AvgIpc) is 2.15. The third-order valence-electron chi connectivity index (χ3n) is 1.74. The van der Waals surface area contributed by atoms with E-state index in [-0.39, 0.29) is 35.6 Å². The Bertz CT molecular complexity index is 461. The molecule has 0 heterocycles. The molecule has 0 atom stereocenters. The molecule has 5 nitrogen and oxygen atoms in total. The van der Waals surface area contributed by atoms with Gasteiger partial charge in [-0.25, -0.2) is 0 Å². The first-order valence-corrected chi connectivity index (χ1v) is 3.80. The number of carboxylic acid groups (broad SMARTS) is 1. The molecule has 0 amide bonds. The summed E-state index contributed by atoms with van der Waals surface area (Å²) in [5.41, 5.74) is -3.31. The van der Waals surface area contributed by atoms with E-state index in [1.807, 2.05) is 0 Å². The van der Waals surface area contributed by atoms with Crippen LogP contribution >= 0.6 is 0 Å². The van der Waals surface area contributed by atoms with Crippen molar-refractivity contribution in [3.8, 4) is 0 Å². The fourth-order valence-corrected chi connectivity index (χ4v) is 1.04. The van der Waals surface area contributed by atoms with E-state index >= 15 is 0 Å². The summed E-state index contributed by atoms with van der Waals surface area (Å²) in [6, 6.07) is 1.09. The van der Waals surface area contributed by atoms with Gasteiger partial charge in [0.25, 0.3) is 5.69 Å². The van der Waals surface area contributed by atoms with Gasteiger partial charge in [-0.15, -0.1) is 0 Å². The van der Waals surface area contributed by atoms with Crippen LogP contribution in [-0.2, 0) is 6.18 Å². The first-order chi connectivity index (χ1) is 7.23. The minimum atomic E-state index is -4.76. The van der Waals surface area contributed by atoms with Gasteiger partial charge in [0, 0.05) is 6.07 Å². The summed E-state index contributed by atoms with van der Waals surface area (Å²) in [6.45, 7) is 0. The molecule has 1 aromatic carbocycles. The molecule has 86 valence electrons. The van der Waals surface area contributed by atoms with Gasteiger partial charge in [-0.2, -0.15) is 13.2 Å². The SMILES string of the molecule is O=C([O-])c1cc(C(F)(F)F)ccc1[N+](=O)[O-].[Na+]. The molecule has 1 rings (SSSR count). The number of nitro groups is 1. The normalized spacial score (nSPS) is 10.5. The zero-order valence-electron chi connectivity index (χ0n) is 8.45. The molecule has 1 aromatic rings. The van der Waals surface area contributed by atoms with Crippen LogP contribution in [-0.4, -0.2) is 10.9 Å². The van der Waals surface area contributed by atoms with Crippen LogP contribution in [0, 0.1) is 10.1 Å². The molecule has 0 unspecified atom stereocenters. The van der Waals surface area contributed by atoms with Crippen LogP contribution in [0.4, 0.5) is 18.9 Å². The zero-order valence-corrected chi connectivity index (χ0v) is 10.4. The molecule has 0 aliphatic heterocycles. The Balaban J connectivity index is 0.00000256. The van der Waals surface area contributed by atoms with E-state index in [4.69, 9.17) is 0 Å². The van der Waals surface area contributed by atoms with E-state index in [2.05, 4.69) is 0 Å². The maximum absolute atomic E-state index is 12.2. The van der Waals surface area contributed by atoms with Crippen molar-refractivity contribution in [2.24, 2.45) is 0 Å². The quantitative estimate of drug-likeness (QED) is 0.348. The van der Waals surface area contributed by atoms with Crippen LogP contribution in [0.2, 0.25) is 0 Å². The molecule has 0 saturated carbocycles. The minimum absolute atomic E-state index is 0. The van der Waals surface area contributed by atoms with Crippen LogP contribution in [0.3, 0.4) is 0 Å². The Labute approximate surface area is 115 Å². The van der Waals surface area contributed by atoms with Crippen molar-refractivity contribution >= 4 is 11.7 Å². The zero-order chi connectivity index (χ0) is 12.5. The van der Waals surface area contributed by atoms with E-state index in [1.165, 1.54) is 0 Å². The van der Waals surface area contributed by atoms with Gasteiger partial charge in [-0.05, 0) is 12.1 Å². The van der Waals surface area contributed by atoms with Crippen LogP contribution in [0.25, 0.3) is 0 Å². The number of nitro benzene ring substituents is 1. The van der Waals surface area contributed by atoms with Gasteiger partial charge in [-0.3, -0.25) is 10.1 Å². The molecule has 0 fully saturated rings. The number of halogens is 3. The second kappa shape index (κ2) is 5.48. The molecular weight excluding hydrogens is 254 g/mol. The maximum Gasteiger partial charge on any atom is 1.00 e. The number of aromatic carboxylic acids is 1.